The van der Waals surface area contributed by atoms with Gasteiger partial charge in [-0.2, -0.15) is 11.8 Å². The largest absolute Gasteiger partial charge is 0.303 e. The molecule has 1 aliphatic rings. The molecule has 16 heavy (non-hydrogen) atoms. The smallest absolute Gasteiger partial charge is 0.0442 e. The van der Waals surface area contributed by atoms with Crippen molar-refractivity contribution in [2.75, 3.05) is 5.75 Å². The van der Waals surface area contributed by atoms with Gasteiger partial charge in [-0.1, -0.05) is 30.7 Å². The summed E-state index contributed by atoms with van der Waals surface area (Å²) in [5.41, 5.74) is 1.49. The molecule has 1 heterocycles. The molecule has 1 fully saturated rings. The Hall–Kier alpha value is -0.180. The quantitative estimate of drug-likeness (QED) is 0.817. The third-order valence-electron chi connectivity index (χ3n) is 2.93. The van der Waals surface area contributed by atoms with Crippen molar-refractivity contribution in [2.45, 2.75) is 37.6 Å². The van der Waals surface area contributed by atoms with Gasteiger partial charge < -0.3 is 5.32 Å². The van der Waals surface area contributed by atoms with E-state index in [9.17, 15) is 0 Å². The van der Waals surface area contributed by atoms with Crippen molar-refractivity contribution in [1.29, 1.82) is 0 Å². The number of nitrogens with one attached hydrogen (secondary N) is 1. The van der Waals surface area contributed by atoms with Crippen LogP contribution in [0.3, 0.4) is 0 Å². The molecule has 0 spiro atoms. The fraction of sp³-hybridized carbons (Fsp3) is 0.538. The summed E-state index contributed by atoms with van der Waals surface area (Å²) in [6.45, 7) is 6.78. The van der Waals surface area contributed by atoms with Gasteiger partial charge >= 0.3 is 0 Å². The van der Waals surface area contributed by atoms with Crippen molar-refractivity contribution in [1.82, 2.24) is 5.32 Å². The van der Waals surface area contributed by atoms with E-state index < -0.39 is 0 Å². The predicted octanol–water partition coefficient (Wildman–Crippen LogP) is 3.88. The van der Waals surface area contributed by atoms with Crippen LogP contribution in [0.4, 0.5) is 0 Å². The molecule has 0 saturated carbocycles. The van der Waals surface area contributed by atoms with Crippen LogP contribution >= 0.6 is 23.4 Å². The SMILES string of the molecule is CC1SCC(C)(C)NC1c1cccc(Cl)c1. The molecule has 2 rings (SSSR count). The second-order valence-electron chi connectivity index (χ2n) is 5.08. The highest BCUT2D eigenvalue weighted by atomic mass is 35.5. The van der Waals surface area contributed by atoms with Crippen molar-refractivity contribution < 1.29 is 0 Å². The molecule has 2 atom stereocenters. The van der Waals surface area contributed by atoms with Gasteiger partial charge in [0.25, 0.3) is 0 Å². The Kier molecular flexibility index (Phi) is 3.53. The molecule has 1 nitrogen and oxygen atoms in total. The summed E-state index contributed by atoms with van der Waals surface area (Å²) >= 11 is 8.08. The van der Waals surface area contributed by atoms with E-state index in [2.05, 4.69) is 38.2 Å². The Morgan fingerprint density at radius 3 is 2.88 bits per heavy atom. The molecule has 1 aliphatic heterocycles. The average molecular weight is 256 g/mol. The molecular weight excluding hydrogens is 238 g/mol. The van der Waals surface area contributed by atoms with Crippen molar-refractivity contribution in [3.8, 4) is 0 Å². The standard InChI is InChI=1S/C13H18ClNS/c1-9-12(15-13(2,3)8-16-9)10-5-4-6-11(14)7-10/h4-7,9,12,15H,8H2,1-3H3. The first kappa shape index (κ1) is 12.3. The van der Waals surface area contributed by atoms with Crippen LogP contribution in [0, 0.1) is 0 Å². The Morgan fingerprint density at radius 2 is 2.19 bits per heavy atom. The second-order valence-corrected chi connectivity index (χ2v) is 6.88. The lowest BCUT2D eigenvalue weighted by atomic mass is 9.99. The van der Waals surface area contributed by atoms with E-state index >= 15 is 0 Å². The molecule has 1 aromatic carbocycles. The molecule has 0 radical (unpaired) electrons. The molecule has 0 bridgehead atoms. The minimum Gasteiger partial charge on any atom is -0.303 e. The van der Waals surface area contributed by atoms with Gasteiger partial charge in [-0.3, -0.25) is 0 Å². The highest BCUT2D eigenvalue weighted by Crippen LogP contribution is 2.35. The Balaban J connectivity index is 2.25. The van der Waals surface area contributed by atoms with Gasteiger partial charge in [-0.25, -0.2) is 0 Å². The first-order chi connectivity index (χ1) is 7.48. The van der Waals surface area contributed by atoms with Crippen LogP contribution in [0.1, 0.15) is 32.4 Å². The number of hydrogen-bond acceptors (Lipinski definition) is 2. The maximum atomic E-state index is 6.05. The van der Waals surface area contributed by atoms with Crippen LogP contribution in [0.5, 0.6) is 0 Å². The molecule has 3 heteroatoms. The van der Waals surface area contributed by atoms with Crippen molar-refractivity contribution in [3.05, 3.63) is 34.9 Å². The van der Waals surface area contributed by atoms with Crippen LogP contribution in [0.25, 0.3) is 0 Å². The lowest BCUT2D eigenvalue weighted by Crippen LogP contribution is -2.50. The van der Waals surface area contributed by atoms with Gasteiger partial charge in [0.1, 0.15) is 0 Å². The number of thioether (sulfide) groups is 1. The normalized spacial score (nSPS) is 29.0. The first-order valence-corrected chi connectivity index (χ1v) is 7.05. The van der Waals surface area contributed by atoms with Crippen LogP contribution < -0.4 is 5.32 Å². The van der Waals surface area contributed by atoms with Gasteiger partial charge in [0.15, 0.2) is 0 Å². The molecule has 0 aromatic heterocycles. The lowest BCUT2D eigenvalue weighted by molar-refractivity contribution is 0.352. The summed E-state index contributed by atoms with van der Waals surface area (Å²) in [5.74, 6) is 1.16. The average Bonchev–Trinajstić information content (AvgIpc) is 2.22. The number of halogens is 1. The maximum absolute atomic E-state index is 6.05. The van der Waals surface area contributed by atoms with Gasteiger partial charge in [-0.05, 0) is 31.5 Å². The molecule has 1 aromatic rings. The zero-order chi connectivity index (χ0) is 11.8. The van der Waals surface area contributed by atoms with Crippen LogP contribution in [0.2, 0.25) is 5.02 Å². The highest BCUT2D eigenvalue weighted by Gasteiger charge is 2.33. The summed E-state index contributed by atoms with van der Waals surface area (Å²) in [6.07, 6.45) is 0. The Labute approximate surface area is 107 Å². The number of hydrogen-bond donors (Lipinski definition) is 1. The van der Waals surface area contributed by atoms with Crippen LogP contribution in [-0.2, 0) is 0 Å². The minimum atomic E-state index is 0.199. The maximum Gasteiger partial charge on any atom is 0.0442 e. The highest BCUT2D eigenvalue weighted by molar-refractivity contribution is 8.00. The molecule has 88 valence electrons. The van der Waals surface area contributed by atoms with Crippen molar-refractivity contribution >= 4 is 23.4 Å². The number of benzene rings is 1. The fourth-order valence-electron chi connectivity index (χ4n) is 2.07. The zero-order valence-corrected chi connectivity index (χ0v) is 11.5. The van der Waals surface area contributed by atoms with Crippen molar-refractivity contribution in [2.24, 2.45) is 0 Å². The van der Waals surface area contributed by atoms with Gasteiger partial charge in [0, 0.05) is 27.6 Å². The number of rotatable bonds is 1. The molecular formula is C13H18ClNS. The van der Waals surface area contributed by atoms with Crippen molar-refractivity contribution in [3.63, 3.8) is 0 Å². The van der Waals surface area contributed by atoms with E-state index in [1.807, 2.05) is 23.9 Å². The second kappa shape index (κ2) is 4.59. The summed E-state index contributed by atoms with van der Waals surface area (Å²) in [4.78, 5) is 0. The minimum absolute atomic E-state index is 0.199. The Bertz CT molecular complexity index is 378. The van der Waals surface area contributed by atoms with Gasteiger partial charge in [0.2, 0.25) is 0 Å². The summed E-state index contributed by atoms with van der Waals surface area (Å²) in [6, 6.07) is 8.57. The summed E-state index contributed by atoms with van der Waals surface area (Å²) in [7, 11) is 0. The third kappa shape index (κ3) is 2.73. The molecule has 1 N–H and O–H groups in total. The van der Waals surface area contributed by atoms with E-state index in [0.29, 0.717) is 11.3 Å². The lowest BCUT2D eigenvalue weighted by Gasteiger charge is -2.41. The van der Waals surface area contributed by atoms with E-state index in [4.69, 9.17) is 11.6 Å². The predicted molar refractivity (Wildman–Crippen MR) is 73.3 cm³/mol. The fourth-order valence-corrected chi connectivity index (χ4v) is 3.45. The molecule has 1 saturated heterocycles. The zero-order valence-electron chi connectivity index (χ0n) is 9.96. The third-order valence-corrected chi connectivity index (χ3v) is 4.85. The molecule has 0 aliphatic carbocycles. The van der Waals surface area contributed by atoms with Crippen LogP contribution in [0.15, 0.2) is 24.3 Å². The topological polar surface area (TPSA) is 12.0 Å². The van der Waals surface area contributed by atoms with Gasteiger partial charge in [-0.15, -0.1) is 0 Å². The van der Waals surface area contributed by atoms with E-state index in [0.717, 1.165) is 10.8 Å². The summed E-state index contributed by atoms with van der Waals surface area (Å²) in [5, 5.41) is 5.12. The van der Waals surface area contributed by atoms with Crippen LogP contribution in [-0.4, -0.2) is 16.5 Å². The monoisotopic (exact) mass is 255 g/mol. The van der Waals surface area contributed by atoms with E-state index in [1.54, 1.807) is 0 Å². The first-order valence-electron chi connectivity index (χ1n) is 5.63. The summed E-state index contributed by atoms with van der Waals surface area (Å²) < 4.78 is 0. The van der Waals surface area contributed by atoms with E-state index in [1.165, 1.54) is 5.56 Å². The Morgan fingerprint density at radius 1 is 1.44 bits per heavy atom. The molecule has 0 amide bonds. The van der Waals surface area contributed by atoms with Gasteiger partial charge in [0.05, 0.1) is 0 Å². The van der Waals surface area contributed by atoms with E-state index in [-0.39, 0.29) is 5.54 Å². The molecule has 2 unspecified atom stereocenters.